The van der Waals surface area contributed by atoms with Gasteiger partial charge in [0.15, 0.2) is 0 Å². The fourth-order valence-electron chi connectivity index (χ4n) is 8.81. The van der Waals surface area contributed by atoms with Crippen LogP contribution in [0.25, 0.3) is 110 Å². The van der Waals surface area contributed by atoms with Crippen LogP contribution in [0, 0.1) is 0 Å². The highest BCUT2D eigenvalue weighted by Crippen LogP contribution is 2.43. The zero-order valence-corrected chi connectivity index (χ0v) is 27.5. The number of benzene rings is 8. The van der Waals surface area contributed by atoms with E-state index in [2.05, 4.69) is 167 Å². The topological polar surface area (TPSA) is 22.5 Å². The molecule has 0 spiro atoms. The molecule has 4 heterocycles. The summed E-state index contributed by atoms with van der Waals surface area (Å²) in [5.74, 6) is 0. The summed E-state index contributed by atoms with van der Waals surface area (Å²) in [6.45, 7) is 0. The van der Waals surface area contributed by atoms with Gasteiger partial charge < -0.3 is 13.4 Å². The molecule has 0 radical (unpaired) electrons. The predicted molar refractivity (Wildman–Crippen MR) is 214 cm³/mol. The van der Waals surface area contributed by atoms with Gasteiger partial charge in [0.25, 0.3) is 0 Å². The summed E-state index contributed by atoms with van der Waals surface area (Å²) in [4.78, 5) is 0. The van der Waals surface area contributed by atoms with Gasteiger partial charge in [0.1, 0.15) is 11.2 Å². The Bertz CT molecular complexity index is 3270. The number of aromatic nitrogens is 2. The van der Waals surface area contributed by atoms with Gasteiger partial charge in [-0.05, 0) is 71.3 Å². The van der Waals surface area contributed by atoms with E-state index < -0.39 is 0 Å². The summed E-state index contributed by atoms with van der Waals surface area (Å²) in [7, 11) is 0. The summed E-state index contributed by atoms with van der Waals surface area (Å²) in [5.41, 5.74) is 13.8. The van der Waals surface area contributed by atoms with Crippen LogP contribution in [0.2, 0.25) is 0 Å². The SMILES string of the molecule is c1ccc2c(c1)oc1c(-c3ccc4c5ccccc5n(-c5ccc(-c6cc7c8ccccc8n8c9ccccc9c(c6)c78)cc5)c4c3)cccc12. The molecule has 0 fully saturated rings. The van der Waals surface area contributed by atoms with E-state index in [0.717, 1.165) is 38.8 Å². The van der Waals surface area contributed by atoms with Crippen LogP contribution in [-0.2, 0) is 0 Å². The molecular weight excluding hydrogens is 621 g/mol. The van der Waals surface area contributed by atoms with E-state index in [1.54, 1.807) is 0 Å². The molecule has 0 N–H and O–H groups in total. The van der Waals surface area contributed by atoms with E-state index in [-0.39, 0.29) is 0 Å². The average Bonchev–Trinajstić information content (AvgIpc) is 3.93. The Kier molecular flexibility index (Phi) is 5.23. The molecule has 0 aliphatic heterocycles. The minimum absolute atomic E-state index is 0.915. The highest BCUT2D eigenvalue weighted by molar-refractivity contribution is 6.24. The van der Waals surface area contributed by atoms with E-state index in [9.17, 15) is 0 Å². The molecule has 51 heavy (non-hydrogen) atoms. The molecule has 12 rings (SSSR count). The van der Waals surface area contributed by atoms with Crippen LogP contribution >= 0.6 is 0 Å². The number of para-hydroxylation sites is 5. The lowest BCUT2D eigenvalue weighted by Crippen LogP contribution is -1.94. The molecule has 3 nitrogen and oxygen atoms in total. The van der Waals surface area contributed by atoms with E-state index in [1.165, 1.54) is 71.0 Å². The van der Waals surface area contributed by atoms with Crippen LogP contribution in [0.1, 0.15) is 0 Å². The lowest BCUT2D eigenvalue weighted by Gasteiger charge is -2.11. The normalized spacial score (nSPS) is 12.3. The van der Waals surface area contributed by atoms with Crippen LogP contribution in [0.4, 0.5) is 0 Å². The van der Waals surface area contributed by atoms with Crippen LogP contribution in [-0.4, -0.2) is 8.97 Å². The summed E-state index contributed by atoms with van der Waals surface area (Å²) < 4.78 is 11.3. The summed E-state index contributed by atoms with van der Waals surface area (Å²) in [6, 6.07) is 61.7. The van der Waals surface area contributed by atoms with E-state index >= 15 is 0 Å². The van der Waals surface area contributed by atoms with Crippen LogP contribution < -0.4 is 0 Å². The third kappa shape index (κ3) is 3.62. The van der Waals surface area contributed by atoms with Gasteiger partial charge in [0.05, 0.1) is 27.6 Å². The standard InChI is InChI=1S/C48H28N2O/c1-5-16-42-34(10-1)37-25-22-30(33-14-9-15-39-38-13-4-8-19-46(38)51-48(33)39)28-45(37)49(42)32-23-20-29(21-24-32)31-26-40-35-11-2-6-17-43(35)50-44-18-7-3-12-36(44)41(27-31)47(40)50/h1-28H. The van der Waals surface area contributed by atoms with Crippen molar-refractivity contribution in [2.24, 2.45) is 0 Å². The Labute approximate surface area is 292 Å². The Morgan fingerprint density at radius 2 is 0.922 bits per heavy atom. The molecular formula is C48H28N2O. The molecule has 4 aromatic heterocycles. The van der Waals surface area contributed by atoms with Crippen LogP contribution in [0.3, 0.4) is 0 Å². The van der Waals surface area contributed by atoms with Gasteiger partial charge in [-0.3, -0.25) is 0 Å². The number of fused-ring (bicyclic) bond motifs is 12. The number of hydrogen-bond donors (Lipinski definition) is 0. The van der Waals surface area contributed by atoms with Gasteiger partial charge in [0.2, 0.25) is 0 Å². The van der Waals surface area contributed by atoms with Gasteiger partial charge >= 0.3 is 0 Å². The number of nitrogens with zero attached hydrogens (tertiary/aromatic N) is 2. The first-order valence-corrected chi connectivity index (χ1v) is 17.5. The molecule has 8 aromatic carbocycles. The average molecular weight is 649 g/mol. The fourth-order valence-corrected chi connectivity index (χ4v) is 8.81. The summed E-state index contributed by atoms with van der Waals surface area (Å²) in [5, 5.41) is 9.95. The minimum Gasteiger partial charge on any atom is -0.455 e. The molecule has 0 saturated heterocycles. The second-order valence-corrected chi connectivity index (χ2v) is 13.7. The molecule has 0 unspecified atom stereocenters. The van der Waals surface area contributed by atoms with Crippen LogP contribution in [0.15, 0.2) is 174 Å². The molecule has 0 aliphatic carbocycles. The van der Waals surface area contributed by atoms with E-state index in [0.29, 0.717) is 0 Å². The Morgan fingerprint density at radius 3 is 1.65 bits per heavy atom. The molecule has 236 valence electrons. The number of hydrogen-bond acceptors (Lipinski definition) is 1. The van der Waals surface area contributed by atoms with E-state index in [4.69, 9.17) is 4.42 Å². The third-order valence-corrected chi connectivity index (χ3v) is 11.1. The number of rotatable bonds is 3. The van der Waals surface area contributed by atoms with Gasteiger partial charge in [-0.15, -0.1) is 0 Å². The second-order valence-electron chi connectivity index (χ2n) is 13.7. The molecule has 12 aromatic rings. The minimum atomic E-state index is 0.915. The van der Waals surface area contributed by atoms with Crippen molar-refractivity contribution in [3.05, 3.63) is 170 Å². The molecule has 0 aliphatic rings. The Balaban J connectivity index is 1.04. The zero-order valence-electron chi connectivity index (χ0n) is 27.5. The first-order chi connectivity index (χ1) is 25.3. The van der Waals surface area contributed by atoms with Crippen molar-refractivity contribution in [2.45, 2.75) is 0 Å². The van der Waals surface area contributed by atoms with Gasteiger partial charge in [0, 0.05) is 54.3 Å². The smallest absolute Gasteiger partial charge is 0.143 e. The first kappa shape index (κ1) is 27.0. The van der Waals surface area contributed by atoms with E-state index in [1.807, 2.05) is 12.1 Å². The van der Waals surface area contributed by atoms with Crippen molar-refractivity contribution >= 4 is 81.8 Å². The van der Waals surface area contributed by atoms with Crippen molar-refractivity contribution < 1.29 is 4.42 Å². The maximum Gasteiger partial charge on any atom is 0.143 e. The van der Waals surface area contributed by atoms with Gasteiger partial charge in [-0.25, -0.2) is 0 Å². The third-order valence-electron chi connectivity index (χ3n) is 11.1. The Hall–Kier alpha value is -6.84. The van der Waals surface area contributed by atoms with Gasteiger partial charge in [-0.1, -0.05) is 115 Å². The first-order valence-electron chi connectivity index (χ1n) is 17.5. The molecule has 0 amide bonds. The van der Waals surface area contributed by atoms with Crippen LogP contribution in [0.5, 0.6) is 0 Å². The molecule has 0 bridgehead atoms. The van der Waals surface area contributed by atoms with Crippen molar-refractivity contribution in [2.75, 3.05) is 0 Å². The molecule has 0 atom stereocenters. The van der Waals surface area contributed by atoms with Crippen molar-refractivity contribution in [3.8, 4) is 27.9 Å². The maximum atomic E-state index is 6.46. The zero-order chi connectivity index (χ0) is 33.2. The highest BCUT2D eigenvalue weighted by Gasteiger charge is 2.19. The van der Waals surface area contributed by atoms with Crippen molar-refractivity contribution in [3.63, 3.8) is 0 Å². The quantitative estimate of drug-likeness (QED) is 0.187. The van der Waals surface area contributed by atoms with Gasteiger partial charge in [-0.2, -0.15) is 0 Å². The summed E-state index contributed by atoms with van der Waals surface area (Å²) >= 11 is 0. The van der Waals surface area contributed by atoms with Crippen molar-refractivity contribution in [1.82, 2.24) is 8.97 Å². The molecule has 3 heteroatoms. The lowest BCUT2D eigenvalue weighted by atomic mass is 9.99. The largest absolute Gasteiger partial charge is 0.455 e. The highest BCUT2D eigenvalue weighted by atomic mass is 16.3. The molecule has 0 saturated carbocycles. The monoisotopic (exact) mass is 648 g/mol. The second kappa shape index (κ2) is 9.87. The number of furan rings is 1. The van der Waals surface area contributed by atoms with Crippen molar-refractivity contribution in [1.29, 1.82) is 0 Å². The Morgan fingerprint density at radius 1 is 0.353 bits per heavy atom. The fraction of sp³-hybridized carbons (Fsp3) is 0. The summed E-state index contributed by atoms with van der Waals surface area (Å²) in [6.07, 6.45) is 0. The predicted octanol–water partition coefficient (Wildman–Crippen LogP) is 13.2. The lowest BCUT2D eigenvalue weighted by molar-refractivity contribution is 0.670. The maximum absolute atomic E-state index is 6.46.